The van der Waals surface area contributed by atoms with E-state index in [2.05, 4.69) is 17.2 Å². The Bertz CT molecular complexity index is 540. The molecule has 1 aromatic carbocycles. The molecule has 0 fully saturated rings. The molecule has 0 aliphatic heterocycles. The molecule has 0 saturated carbocycles. The summed E-state index contributed by atoms with van der Waals surface area (Å²) < 4.78 is 0. The molecule has 2 rings (SSSR count). The monoisotopic (exact) mass is 291 g/mol. The summed E-state index contributed by atoms with van der Waals surface area (Å²) in [5.74, 6) is 0. The van der Waals surface area contributed by atoms with Gasteiger partial charge in [-0.25, -0.2) is 0 Å². The maximum atomic E-state index is 10.6. The van der Waals surface area contributed by atoms with Crippen molar-refractivity contribution in [2.45, 2.75) is 25.8 Å². The fraction of sp³-hybridized carbons (Fsp3) is 0.357. The van der Waals surface area contributed by atoms with Crippen LogP contribution in [-0.4, -0.2) is 16.5 Å². The number of nitro benzene ring substituents is 1. The van der Waals surface area contributed by atoms with Gasteiger partial charge in [-0.15, -0.1) is 11.3 Å². The predicted octanol–water partition coefficient (Wildman–Crippen LogP) is 3.33. The molecule has 5 nitrogen and oxygen atoms in total. The number of nitrogens with zero attached hydrogens (tertiary/aromatic N) is 2. The Balaban J connectivity index is 2.09. The molecule has 6 heteroatoms. The minimum Gasteiger partial charge on any atom is -0.309 e. The highest BCUT2D eigenvalue weighted by Crippen LogP contribution is 2.23. The lowest BCUT2D eigenvalue weighted by Crippen LogP contribution is -2.23. The second kappa shape index (κ2) is 7.12. The third-order valence-corrected chi connectivity index (χ3v) is 3.91. The zero-order chi connectivity index (χ0) is 14.4. The van der Waals surface area contributed by atoms with Crippen LogP contribution in [0.2, 0.25) is 0 Å². The Morgan fingerprint density at radius 2 is 2.15 bits per heavy atom. The van der Waals surface area contributed by atoms with Crippen molar-refractivity contribution in [3.8, 4) is 0 Å². The van der Waals surface area contributed by atoms with Crippen molar-refractivity contribution >= 4 is 17.0 Å². The molecule has 1 N–H and O–H groups in total. The van der Waals surface area contributed by atoms with Crippen LogP contribution in [0.3, 0.4) is 0 Å². The molecule has 2 aromatic rings. The zero-order valence-electron chi connectivity index (χ0n) is 11.3. The van der Waals surface area contributed by atoms with E-state index >= 15 is 0 Å². The van der Waals surface area contributed by atoms with Gasteiger partial charge in [-0.2, -0.15) is 0 Å². The molecular formula is C14H17N3O2S. The van der Waals surface area contributed by atoms with Gasteiger partial charge >= 0.3 is 0 Å². The van der Waals surface area contributed by atoms with Crippen LogP contribution in [0.5, 0.6) is 0 Å². The number of non-ortho nitro benzene ring substituents is 1. The molecule has 0 amide bonds. The van der Waals surface area contributed by atoms with Crippen LogP contribution in [-0.2, 0) is 6.42 Å². The fourth-order valence-electron chi connectivity index (χ4n) is 1.98. The maximum Gasteiger partial charge on any atom is 0.269 e. The van der Waals surface area contributed by atoms with Gasteiger partial charge in [0.15, 0.2) is 0 Å². The van der Waals surface area contributed by atoms with Gasteiger partial charge in [0.2, 0.25) is 0 Å². The standard InChI is InChI=1S/C14H17N3O2S/c1-2-7-16-13(14-9-15-10-20-14)8-11-3-5-12(6-4-11)17(18)19/h3-6,9-10,13,16H,2,7-8H2,1H3. The highest BCUT2D eigenvalue weighted by molar-refractivity contribution is 7.09. The first-order valence-corrected chi connectivity index (χ1v) is 7.43. The Labute approximate surface area is 121 Å². The molecule has 1 aromatic heterocycles. The lowest BCUT2D eigenvalue weighted by molar-refractivity contribution is -0.384. The third kappa shape index (κ3) is 3.85. The summed E-state index contributed by atoms with van der Waals surface area (Å²) in [6, 6.07) is 6.96. The summed E-state index contributed by atoms with van der Waals surface area (Å²) >= 11 is 1.63. The van der Waals surface area contributed by atoms with E-state index in [0.29, 0.717) is 0 Å². The second-order valence-electron chi connectivity index (χ2n) is 4.54. The number of hydrogen-bond donors (Lipinski definition) is 1. The summed E-state index contributed by atoms with van der Waals surface area (Å²) in [4.78, 5) is 15.6. The van der Waals surface area contributed by atoms with Crippen LogP contribution in [0.15, 0.2) is 36.0 Å². The Kier molecular flexibility index (Phi) is 5.20. The first-order valence-electron chi connectivity index (χ1n) is 6.55. The Morgan fingerprint density at radius 3 is 2.70 bits per heavy atom. The second-order valence-corrected chi connectivity index (χ2v) is 5.46. The smallest absolute Gasteiger partial charge is 0.269 e. The van der Waals surface area contributed by atoms with E-state index in [0.717, 1.165) is 24.9 Å². The minimum absolute atomic E-state index is 0.129. The van der Waals surface area contributed by atoms with Crippen LogP contribution < -0.4 is 5.32 Å². The molecule has 106 valence electrons. The molecule has 0 bridgehead atoms. The topological polar surface area (TPSA) is 68.1 Å². The average Bonchev–Trinajstić information content (AvgIpc) is 2.98. The number of hydrogen-bond acceptors (Lipinski definition) is 5. The molecule has 1 heterocycles. The molecule has 0 saturated heterocycles. The summed E-state index contributed by atoms with van der Waals surface area (Å²) in [6.07, 6.45) is 3.75. The number of nitro groups is 1. The first kappa shape index (κ1) is 14.6. The maximum absolute atomic E-state index is 10.6. The van der Waals surface area contributed by atoms with Crippen molar-refractivity contribution in [3.05, 3.63) is 56.5 Å². The van der Waals surface area contributed by atoms with Crippen LogP contribution in [0, 0.1) is 10.1 Å². The van der Waals surface area contributed by atoms with Crippen LogP contribution in [0.25, 0.3) is 0 Å². The summed E-state index contributed by atoms with van der Waals surface area (Å²) in [5.41, 5.74) is 3.04. The van der Waals surface area contributed by atoms with Gasteiger partial charge in [0.25, 0.3) is 5.69 Å². The van der Waals surface area contributed by atoms with E-state index in [4.69, 9.17) is 0 Å². The van der Waals surface area contributed by atoms with Crippen molar-refractivity contribution in [1.29, 1.82) is 0 Å². The molecule has 20 heavy (non-hydrogen) atoms. The predicted molar refractivity (Wildman–Crippen MR) is 79.9 cm³/mol. The highest BCUT2D eigenvalue weighted by Gasteiger charge is 2.14. The number of aromatic nitrogens is 1. The lowest BCUT2D eigenvalue weighted by Gasteiger charge is -2.16. The van der Waals surface area contributed by atoms with E-state index < -0.39 is 0 Å². The van der Waals surface area contributed by atoms with E-state index in [-0.39, 0.29) is 16.7 Å². The number of thiazole rings is 1. The van der Waals surface area contributed by atoms with Crippen LogP contribution in [0.4, 0.5) is 5.69 Å². The Hall–Kier alpha value is -1.79. The van der Waals surface area contributed by atoms with Gasteiger partial charge < -0.3 is 5.32 Å². The molecule has 0 aliphatic carbocycles. The summed E-state index contributed by atoms with van der Waals surface area (Å²) in [5, 5.41) is 14.1. The average molecular weight is 291 g/mol. The largest absolute Gasteiger partial charge is 0.309 e. The van der Waals surface area contributed by atoms with Crippen molar-refractivity contribution in [1.82, 2.24) is 10.3 Å². The molecular weight excluding hydrogens is 274 g/mol. The molecule has 1 unspecified atom stereocenters. The lowest BCUT2D eigenvalue weighted by atomic mass is 10.0. The number of benzene rings is 1. The summed E-state index contributed by atoms with van der Waals surface area (Å²) in [6.45, 7) is 3.07. The summed E-state index contributed by atoms with van der Waals surface area (Å²) in [7, 11) is 0. The molecule has 0 spiro atoms. The molecule has 1 atom stereocenters. The van der Waals surface area contributed by atoms with Gasteiger partial charge in [0, 0.05) is 29.2 Å². The van der Waals surface area contributed by atoms with Crippen molar-refractivity contribution < 1.29 is 4.92 Å². The third-order valence-electron chi connectivity index (χ3n) is 3.02. The van der Waals surface area contributed by atoms with Gasteiger partial charge in [0.1, 0.15) is 0 Å². The van der Waals surface area contributed by atoms with E-state index in [1.807, 2.05) is 23.8 Å². The number of rotatable bonds is 7. The van der Waals surface area contributed by atoms with Gasteiger partial charge in [-0.3, -0.25) is 15.1 Å². The first-order chi connectivity index (χ1) is 9.70. The van der Waals surface area contributed by atoms with Crippen molar-refractivity contribution in [2.75, 3.05) is 6.54 Å². The molecule has 0 aliphatic rings. The fourth-order valence-corrected chi connectivity index (χ4v) is 2.68. The van der Waals surface area contributed by atoms with E-state index in [1.165, 1.54) is 4.88 Å². The van der Waals surface area contributed by atoms with Gasteiger partial charge in [-0.05, 0) is 24.9 Å². The van der Waals surface area contributed by atoms with E-state index in [1.54, 1.807) is 23.5 Å². The Morgan fingerprint density at radius 1 is 1.40 bits per heavy atom. The normalized spacial score (nSPS) is 12.2. The van der Waals surface area contributed by atoms with E-state index in [9.17, 15) is 10.1 Å². The quantitative estimate of drug-likeness (QED) is 0.627. The minimum atomic E-state index is -0.375. The van der Waals surface area contributed by atoms with Gasteiger partial charge in [0.05, 0.1) is 10.4 Å². The van der Waals surface area contributed by atoms with Crippen LogP contribution in [0.1, 0.15) is 29.8 Å². The van der Waals surface area contributed by atoms with Crippen LogP contribution >= 0.6 is 11.3 Å². The number of nitrogens with one attached hydrogen (secondary N) is 1. The van der Waals surface area contributed by atoms with Gasteiger partial charge in [-0.1, -0.05) is 19.1 Å². The SMILES string of the molecule is CCCNC(Cc1ccc([N+](=O)[O-])cc1)c1cncs1. The molecule has 0 radical (unpaired) electrons. The highest BCUT2D eigenvalue weighted by atomic mass is 32.1. The zero-order valence-corrected chi connectivity index (χ0v) is 12.1. The van der Waals surface area contributed by atoms with Crippen molar-refractivity contribution in [2.24, 2.45) is 0 Å². The van der Waals surface area contributed by atoms with Crippen molar-refractivity contribution in [3.63, 3.8) is 0 Å².